The predicted octanol–water partition coefficient (Wildman–Crippen LogP) is 7.52. The Morgan fingerprint density at radius 3 is 2.29 bits per heavy atom. The average molecular weight is 661 g/mol. The Morgan fingerprint density at radius 1 is 0.917 bits per heavy atom. The molecule has 0 aromatic heterocycles. The van der Waals surface area contributed by atoms with Gasteiger partial charge >= 0.3 is 11.9 Å². The van der Waals surface area contributed by atoms with Gasteiger partial charge in [-0.1, -0.05) is 59.2 Å². The zero-order chi connectivity index (χ0) is 35.0. The van der Waals surface area contributed by atoms with Crippen LogP contribution in [0, 0.1) is 56.7 Å². The van der Waals surface area contributed by atoms with E-state index >= 15 is 0 Å². The maximum Gasteiger partial charge on any atom is 0.331 e. The first-order chi connectivity index (χ1) is 22.5. The van der Waals surface area contributed by atoms with Crippen molar-refractivity contribution in [2.75, 3.05) is 0 Å². The van der Waals surface area contributed by atoms with Gasteiger partial charge in [-0.25, -0.2) is 4.79 Å². The molecule has 0 saturated heterocycles. The van der Waals surface area contributed by atoms with E-state index in [1.807, 2.05) is 6.08 Å². The molecule has 3 N–H and O–H groups in total. The number of hydrogen-bond acceptors (Lipinski definition) is 6. The molecular weight excluding hydrogens is 604 g/mol. The fraction of sp³-hybridized carbons (Fsp3) is 0.683. The summed E-state index contributed by atoms with van der Waals surface area (Å²) in [7, 11) is 0. The van der Waals surface area contributed by atoms with Gasteiger partial charge in [0.25, 0.3) is 0 Å². The predicted molar refractivity (Wildman–Crippen MR) is 184 cm³/mol. The van der Waals surface area contributed by atoms with Crippen molar-refractivity contribution >= 4 is 23.8 Å². The number of carbonyl (C=O) groups excluding carboxylic acids is 2. The summed E-state index contributed by atoms with van der Waals surface area (Å²) in [5.41, 5.74) is 1.10. The quantitative estimate of drug-likeness (QED) is 0.213. The van der Waals surface area contributed by atoms with Crippen LogP contribution in [0.4, 0.5) is 0 Å². The number of aliphatic hydroxyl groups excluding tert-OH is 2. The molecule has 7 nitrogen and oxygen atoms in total. The molecule has 0 heterocycles. The number of esters is 1. The van der Waals surface area contributed by atoms with Crippen LogP contribution in [-0.4, -0.2) is 39.1 Å². The van der Waals surface area contributed by atoms with Crippen molar-refractivity contribution < 1.29 is 34.4 Å². The van der Waals surface area contributed by atoms with Crippen molar-refractivity contribution in [2.45, 2.75) is 119 Å². The molecule has 262 valence electrons. The van der Waals surface area contributed by atoms with E-state index in [1.54, 1.807) is 31.2 Å². The van der Waals surface area contributed by atoms with Gasteiger partial charge in [-0.2, -0.15) is 0 Å². The molecule has 4 fully saturated rings. The number of carboxylic acid groups (broad SMARTS) is 1. The van der Waals surface area contributed by atoms with Crippen LogP contribution < -0.4 is 0 Å². The Morgan fingerprint density at radius 2 is 1.62 bits per heavy atom. The van der Waals surface area contributed by atoms with E-state index in [0.717, 1.165) is 19.3 Å². The van der Waals surface area contributed by atoms with Gasteiger partial charge in [0.05, 0.1) is 13.2 Å². The molecule has 11 atom stereocenters. The third kappa shape index (κ3) is 4.92. The fourth-order valence-corrected chi connectivity index (χ4v) is 12.2. The smallest absolute Gasteiger partial charge is 0.331 e. The number of allylic oxidation sites excluding steroid dienone is 2. The molecule has 48 heavy (non-hydrogen) atoms. The minimum absolute atomic E-state index is 0.131. The van der Waals surface area contributed by atoms with E-state index in [-0.39, 0.29) is 47.1 Å². The average Bonchev–Trinajstić information content (AvgIpc) is 3.04. The zero-order valence-corrected chi connectivity index (χ0v) is 30.0. The Labute approximate surface area is 286 Å². The van der Waals surface area contributed by atoms with E-state index in [0.29, 0.717) is 53.7 Å². The first kappa shape index (κ1) is 35.1. The molecule has 0 bridgehead atoms. The molecule has 7 heteroatoms. The maximum atomic E-state index is 14.7. The zero-order valence-electron chi connectivity index (χ0n) is 30.0. The van der Waals surface area contributed by atoms with Gasteiger partial charge in [-0.05, 0) is 139 Å². The van der Waals surface area contributed by atoms with Crippen molar-refractivity contribution in [3.05, 3.63) is 52.6 Å². The highest BCUT2D eigenvalue weighted by atomic mass is 16.5. The summed E-state index contributed by atoms with van der Waals surface area (Å²) in [6.45, 7) is 15.4. The van der Waals surface area contributed by atoms with E-state index in [4.69, 9.17) is 4.74 Å². The van der Waals surface area contributed by atoms with Gasteiger partial charge in [-0.15, -0.1) is 0 Å². The standard InChI is InChI=1S/C41H56O7/c1-24-12-15-37(3)18-19-39(5)29(34(37)25(24)2)21-30(44)35-38(4)16-14-32(41(7,36(46)47)31(38)13-17-40(35,39)6)48-33(45)11-9-26-8-10-27(22-42)28(20-26)23-43/h8-11,20-21,24-25,31-32,34-35,42-43H,12-19,22-23H2,1-7H3,(H,46,47)/b11-9+/t24-,25+,31?,32-,34?,35?,37-,38+,39-,40-,41-/m1/s1. The highest BCUT2D eigenvalue weighted by Crippen LogP contribution is 2.75. The van der Waals surface area contributed by atoms with Crippen molar-refractivity contribution in [2.24, 2.45) is 56.7 Å². The molecule has 0 radical (unpaired) electrons. The highest BCUT2D eigenvalue weighted by molar-refractivity contribution is 5.96. The van der Waals surface area contributed by atoms with Crippen LogP contribution in [0.25, 0.3) is 6.08 Å². The summed E-state index contributed by atoms with van der Waals surface area (Å²) in [5.74, 6) is -0.538. The molecule has 6 rings (SSSR count). The number of ether oxygens (including phenoxy) is 1. The topological polar surface area (TPSA) is 121 Å². The lowest BCUT2D eigenvalue weighted by atomic mass is 9.33. The summed E-state index contributed by atoms with van der Waals surface area (Å²) < 4.78 is 5.98. The molecule has 0 aliphatic heterocycles. The van der Waals surface area contributed by atoms with E-state index < -0.39 is 28.9 Å². The van der Waals surface area contributed by atoms with Crippen LogP contribution in [-0.2, 0) is 32.3 Å². The number of rotatable bonds is 6. The molecule has 1 aromatic carbocycles. The largest absolute Gasteiger partial charge is 0.481 e. The minimum atomic E-state index is -1.35. The number of ketones is 1. The third-order valence-corrected chi connectivity index (χ3v) is 15.4. The summed E-state index contributed by atoms with van der Waals surface area (Å²) >= 11 is 0. The number of hydrogen-bond donors (Lipinski definition) is 3. The number of aliphatic hydroxyl groups is 2. The van der Waals surface area contributed by atoms with Gasteiger partial charge in [0, 0.05) is 12.0 Å². The summed E-state index contributed by atoms with van der Waals surface area (Å²) in [4.78, 5) is 41.1. The lowest BCUT2D eigenvalue weighted by Crippen LogP contribution is -2.68. The summed E-state index contributed by atoms with van der Waals surface area (Å²) in [6, 6.07) is 5.14. The van der Waals surface area contributed by atoms with Gasteiger partial charge in [0.1, 0.15) is 11.5 Å². The number of benzene rings is 1. The van der Waals surface area contributed by atoms with Crippen LogP contribution in [0.1, 0.15) is 117 Å². The second kappa shape index (κ2) is 11.9. The Bertz CT molecular complexity index is 1560. The van der Waals surface area contributed by atoms with E-state index in [1.165, 1.54) is 24.5 Å². The van der Waals surface area contributed by atoms with Crippen molar-refractivity contribution in [1.82, 2.24) is 0 Å². The number of aliphatic carboxylic acids is 1. The van der Waals surface area contributed by atoms with Crippen LogP contribution in [0.2, 0.25) is 0 Å². The third-order valence-electron chi connectivity index (χ3n) is 15.4. The Kier molecular flexibility index (Phi) is 8.72. The number of carboxylic acids is 1. The Hall–Kier alpha value is -2.77. The fourth-order valence-electron chi connectivity index (χ4n) is 12.2. The molecule has 1 aromatic rings. The molecule has 0 amide bonds. The first-order valence-corrected chi connectivity index (χ1v) is 18.2. The summed E-state index contributed by atoms with van der Waals surface area (Å²) in [6.07, 6.45) is 11.2. The number of fused-ring (bicyclic) bond motifs is 7. The SMILES string of the molecule is C[C@@H]1CC[C@]2(C)CC[C@]3(C)C(=CC(=O)C4[C@@]5(C)CC[C@@H](OC(=O)/C=C/c6ccc(CO)c(CO)c6)[C@](C)(C(=O)O)C5CC[C@]43C)C2[C@H]1C. The molecule has 5 aliphatic rings. The van der Waals surface area contributed by atoms with Gasteiger partial charge in [-0.3, -0.25) is 9.59 Å². The summed E-state index contributed by atoms with van der Waals surface area (Å²) in [5, 5.41) is 30.0. The van der Waals surface area contributed by atoms with Crippen molar-refractivity contribution in [1.29, 1.82) is 0 Å². The first-order valence-electron chi connectivity index (χ1n) is 18.2. The van der Waals surface area contributed by atoms with Gasteiger partial charge < -0.3 is 20.1 Å². The van der Waals surface area contributed by atoms with Crippen LogP contribution in [0.15, 0.2) is 35.9 Å². The van der Waals surface area contributed by atoms with Gasteiger partial charge in [0.15, 0.2) is 5.78 Å². The monoisotopic (exact) mass is 660 g/mol. The van der Waals surface area contributed by atoms with Crippen LogP contribution in [0.3, 0.4) is 0 Å². The molecule has 5 aliphatic carbocycles. The maximum absolute atomic E-state index is 14.7. The number of carbonyl (C=O) groups is 3. The second-order valence-electron chi connectivity index (χ2n) is 17.5. The minimum Gasteiger partial charge on any atom is -0.481 e. The van der Waals surface area contributed by atoms with Crippen molar-refractivity contribution in [3.8, 4) is 0 Å². The van der Waals surface area contributed by atoms with E-state index in [2.05, 4.69) is 41.5 Å². The molecule has 3 unspecified atom stereocenters. The van der Waals surface area contributed by atoms with Crippen LogP contribution in [0.5, 0.6) is 0 Å². The highest BCUT2D eigenvalue weighted by Gasteiger charge is 2.72. The van der Waals surface area contributed by atoms with E-state index in [9.17, 15) is 29.7 Å². The lowest BCUT2D eigenvalue weighted by molar-refractivity contribution is -0.220. The van der Waals surface area contributed by atoms with Crippen LogP contribution >= 0.6 is 0 Å². The van der Waals surface area contributed by atoms with Gasteiger partial charge in [0.2, 0.25) is 0 Å². The molecular formula is C41H56O7. The van der Waals surface area contributed by atoms with Crippen molar-refractivity contribution in [3.63, 3.8) is 0 Å². The molecule has 4 saturated carbocycles. The Balaban J connectivity index is 1.30. The normalized spacial score (nSPS) is 43.8. The second-order valence-corrected chi connectivity index (χ2v) is 17.5. The lowest BCUT2D eigenvalue weighted by Gasteiger charge is -2.70. The molecule has 0 spiro atoms.